The minimum atomic E-state index is -0.444. The summed E-state index contributed by atoms with van der Waals surface area (Å²) in [5.74, 6) is -0.533. The highest BCUT2D eigenvalue weighted by Gasteiger charge is 2.33. The summed E-state index contributed by atoms with van der Waals surface area (Å²) in [6, 6.07) is 5.17. The second-order valence-corrected chi connectivity index (χ2v) is 4.02. The van der Waals surface area contributed by atoms with Crippen molar-refractivity contribution in [1.82, 2.24) is 5.32 Å². The van der Waals surface area contributed by atoms with Gasteiger partial charge in [0.1, 0.15) is 11.6 Å². The summed E-state index contributed by atoms with van der Waals surface area (Å²) in [6.07, 6.45) is 2.00. The highest BCUT2D eigenvalue weighted by atomic mass is 19.1. The average Bonchev–Trinajstić information content (AvgIpc) is 3.08. The molecule has 1 aromatic rings. The van der Waals surface area contributed by atoms with Crippen LogP contribution < -0.4 is 5.32 Å². The summed E-state index contributed by atoms with van der Waals surface area (Å²) in [5.41, 5.74) is 0.331. The monoisotopic (exact) mass is 222 g/mol. The molecule has 0 unspecified atom stereocenters. The molecule has 2 rings (SSSR count). The molecule has 16 heavy (non-hydrogen) atoms. The van der Waals surface area contributed by atoms with Crippen molar-refractivity contribution in [3.63, 3.8) is 0 Å². The minimum Gasteiger partial charge on any atom is -0.297 e. The van der Waals surface area contributed by atoms with Gasteiger partial charge in [0.25, 0.3) is 0 Å². The van der Waals surface area contributed by atoms with Crippen molar-refractivity contribution in [3.05, 3.63) is 35.4 Å². The van der Waals surface area contributed by atoms with Crippen LogP contribution >= 0.6 is 0 Å². The van der Waals surface area contributed by atoms with Crippen LogP contribution in [0.25, 0.3) is 0 Å². The molecule has 1 fully saturated rings. The fourth-order valence-corrected chi connectivity index (χ4v) is 1.87. The van der Waals surface area contributed by atoms with E-state index in [2.05, 4.69) is 5.32 Å². The van der Waals surface area contributed by atoms with Crippen molar-refractivity contribution in [2.75, 3.05) is 6.54 Å². The van der Waals surface area contributed by atoms with Crippen LogP contribution in [0, 0.1) is 28.9 Å². The number of nitrogens with zero attached hydrogens (tertiary/aromatic N) is 1. The van der Waals surface area contributed by atoms with Gasteiger partial charge in [0, 0.05) is 11.6 Å². The second-order valence-electron chi connectivity index (χ2n) is 4.02. The van der Waals surface area contributed by atoms with Gasteiger partial charge in [0.15, 0.2) is 0 Å². The van der Waals surface area contributed by atoms with Crippen LogP contribution in [0.15, 0.2) is 18.2 Å². The predicted molar refractivity (Wildman–Crippen MR) is 55.4 cm³/mol. The van der Waals surface area contributed by atoms with Crippen molar-refractivity contribution >= 4 is 0 Å². The summed E-state index contributed by atoms with van der Waals surface area (Å²) < 4.78 is 26.6. The van der Waals surface area contributed by atoms with E-state index in [0.717, 1.165) is 25.0 Å². The Hall–Kier alpha value is -1.47. The molecule has 84 valence electrons. The van der Waals surface area contributed by atoms with Gasteiger partial charge in [0.2, 0.25) is 0 Å². The van der Waals surface area contributed by atoms with Gasteiger partial charge in [-0.2, -0.15) is 5.26 Å². The SMILES string of the molecule is N#CCN[C@@H](c1cc(F)ccc1F)C1CC1. The standard InChI is InChI=1S/C12H12F2N2/c13-9-3-4-11(14)10(7-9)12(8-1-2-8)16-6-5-15/h3-4,7-8,12,16H,1-2,6H2/t12-/m1/s1. The van der Waals surface area contributed by atoms with Crippen LogP contribution in [0.2, 0.25) is 0 Å². The zero-order chi connectivity index (χ0) is 11.5. The number of nitriles is 1. The number of halogens is 2. The highest BCUT2D eigenvalue weighted by molar-refractivity contribution is 5.24. The Morgan fingerprint density at radius 1 is 1.44 bits per heavy atom. The molecule has 0 spiro atoms. The van der Waals surface area contributed by atoms with E-state index < -0.39 is 11.6 Å². The van der Waals surface area contributed by atoms with Gasteiger partial charge in [-0.1, -0.05) is 0 Å². The van der Waals surface area contributed by atoms with E-state index in [9.17, 15) is 8.78 Å². The van der Waals surface area contributed by atoms with Crippen molar-refractivity contribution in [2.24, 2.45) is 5.92 Å². The Kier molecular flexibility index (Phi) is 3.16. The van der Waals surface area contributed by atoms with Crippen molar-refractivity contribution in [1.29, 1.82) is 5.26 Å². The fraction of sp³-hybridized carbons (Fsp3) is 0.417. The molecule has 0 radical (unpaired) electrons. The van der Waals surface area contributed by atoms with Gasteiger partial charge in [-0.15, -0.1) is 0 Å². The van der Waals surface area contributed by atoms with Gasteiger partial charge in [-0.3, -0.25) is 5.32 Å². The Morgan fingerprint density at radius 2 is 2.19 bits per heavy atom. The lowest BCUT2D eigenvalue weighted by Crippen LogP contribution is -2.24. The number of nitrogens with one attached hydrogen (secondary N) is 1. The van der Waals surface area contributed by atoms with E-state index in [1.165, 1.54) is 6.07 Å². The average molecular weight is 222 g/mol. The zero-order valence-electron chi connectivity index (χ0n) is 8.71. The highest BCUT2D eigenvalue weighted by Crippen LogP contribution is 2.41. The van der Waals surface area contributed by atoms with E-state index in [-0.39, 0.29) is 12.6 Å². The lowest BCUT2D eigenvalue weighted by atomic mass is 10.0. The third-order valence-corrected chi connectivity index (χ3v) is 2.79. The maximum Gasteiger partial charge on any atom is 0.128 e. The van der Waals surface area contributed by atoms with Crippen molar-refractivity contribution in [2.45, 2.75) is 18.9 Å². The van der Waals surface area contributed by atoms with E-state index in [1.807, 2.05) is 6.07 Å². The summed E-state index contributed by atoms with van der Waals surface area (Å²) in [7, 11) is 0. The molecular formula is C12H12F2N2. The first-order chi connectivity index (χ1) is 7.72. The number of hydrogen-bond donors (Lipinski definition) is 1. The second kappa shape index (κ2) is 4.58. The first-order valence-corrected chi connectivity index (χ1v) is 5.27. The largest absolute Gasteiger partial charge is 0.297 e. The van der Waals surface area contributed by atoms with E-state index >= 15 is 0 Å². The van der Waals surface area contributed by atoms with Gasteiger partial charge in [0.05, 0.1) is 12.6 Å². The van der Waals surface area contributed by atoms with Crippen molar-refractivity contribution < 1.29 is 8.78 Å². The number of hydrogen-bond acceptors (Lipinski definition) is 2. The molecule has 1 N–H and O–H groups in total. The van der Waals surface area contributed by atoms with E-state index in [1.54, 1.807) is 0 Å². The lowest BCUT2D eigenvalue weighted by molar-refractivity contribution is 0.473. The molecule has 2 nitrogen and oxygen atoms in total. The molecule has 0 heterocycles. The third kappa shape index (κ3) is 2.37. The first kappa shape index (κ1) is 11.0. The maximum absolute atomic E-state index is 13.5. The Morgan fingerprint density at radius 3 is 2.81 bits per heavy atom. The van der Waals surface area contributed by atoms with Crippen LogP contribution in [0.3, 0.4) is 0 Å². The summed E-state index contributed by atoms with van der Waals surface area (Å²) in [6.45, 7) is 0.150. The predicted octanol–water partition coefficient (Wildman–Crippen LogP) is 2.53. The quantitative estimate of drug-likeness (QED) is 0.794. The van der Waals surface area contributed by atoms with E-state index in [4.69, 9.17) is 5.26 Å². The molecule has 1 saturated carbocycles. The molecule has 1 atom stereocenters. The van der Waals surface area contributed by atoms with Crippen LogP contribution in [-0.2, 0) is 0 Å². The Bertz CT molecular complexity index is 422. The van der Waals surface area contributed by atoms with E-state index in [0.29, 0.717) is 11.5 Å². The molecule has 0 bridgehead atoms. The van der Waals surface area contributed by atoms with Crippen molar-refractivity contribution in [3.8, 4) is 6.07 Å². The zero-order valence-corrected chi connectivity index (χ0v) is 8.71. The molecule has 0 saturated heterocycles. The van der Waals surface area contributed by atoms with Gasteiger partial charge in [-0.05, 0) is 37.0 Å². The Labute approximate surface area is 92.9 Å². The smallest absolute Gasteiger partial charge is 0.128 e. The van der Waals surface area contributed by atoms with Gasteiger partial charge < -0.3 is 0 Å². The number of rotatable bonds is 4. The molecule has 0 amide bonds. The molecule has 0 aromatic heterocycles. The molecule has 1 aliphatic rings. The summed E-state index contributed by atoms with van der Waals surface area (Å²) >= 11 is 0. The summed E-state index contributed by atoms with van der Waals surface area (Å²) in [4.78, 5) is 0. The van der Waals surface area contributed by atoms with Crippen LogP contribution in [0.1, 0.15) is 24.4 Å². The minimum absolute atomic E-state index is 0.150. The van der Waals surface area contributed by atoms with Crippen LogP contribution in [-0.4, -0.2) is 6.54 Å². The number of benzene rings is 1. The lowest BCUT2D eigenvalue weighted by Gasteiger charge is -2.17. The van der Waals surface area contributed by atoms with Gasteiger partial charge >= 0.3 is 0 Å². The molecular weight excluding hydrogens is 210 g/mol. The topological polar surface area (TPSA) is 35.8 Å². The molecule has 4 heteroatoms. The van der Waals surface area contributed by atoms with Crippen LogP contribution in [0.4, 0.5) is 8.78 Å². The van der Waals surface area contributed by atoms with Gasteiger partial charge in [-0.25, -0.2) is 8.78 Å². The summed E-state index contributed by atoms with van der Waals surface area (Å²) in [5, 5.41) is 11.5. The van der Waals surface area contributed by atoms with Crippen LogP contribution in [0.5, 0.6) is 0 Å². The maximum atomic E-state index is 13.5. The normalized spacial score (nSPS) is 16.8. The first-order valence-electron chi connectivity index (χ1n) is 5.27. The molecule has 1 aromatic carbocycles. The molecule has 0 aliphatic heterocycles. The Balaban J connectivity index is 2.23. The molecule has 1 aliphatic carbocycles. The fourth-order valence-electron chi connectivity index (χ4n) is 1.87. The third-order valence-electron chi connectivity index (χ3n) is 2.79.